The van der Waals surface area contributed by atoms with E-state index in [0.717, 1.165) is 4.88 Å². The number of nitrogens with one attached hydrogen (secondary N) is 3. The third-order valence-corrected chi connectivity index (χ3v) is 6.52. The van der Waals surface area contributed by atoms with Gasteiger partial charge in [-0.2, -0.15) is 0 Å². The number of thiophene rings is 1. The zero-order chi connectivity index (χ0) is 21.6. The second kappa shape index (κ2) is 9.53. The van der Waals surface area contributed by atoms with E-state index in [4.69, 9.17) is 0 Å². The molecule has 0 radical (unpaired) electrons. The Morgan fingerprint density at radius 3 is 2.27 bits per heavy atom. The Morgan fingerprint density at radius 1 is 0.900 bits per heavy atom. The van der Waals surface area contributed by atoms with Gasteiger partial charge >= 0.3 is 0 Å². The smallest absolute Gasteiger partial charge is 0.273 e. The van der Waals surface area contributed by atoms with Crippen LogP contribution in [0.5, 0.6) is 5.75 Å². The van der Waals surface area contributed by atoms with Gasteiger partial charge in [-0.15, -0.1) is 11.3 Å². The Bertz CT molecular complexity index is 1130. The van der Waals surface area contributed by atoms with Gasteiger partial charge in [0, 0.05) is 17.0 Å². The standard InChI is InChI=1S/C20H19N3O5S2/c24-18-6-2-1-5-17(18)20(26)23-22-19(25)14-7-9-16(10-8-14)30(27,28)21-12-11-15-4-3-13-29-15/h1-10,13,21,24H,11-12H2,(H,22,25)(H,23,26). The Morgan fingerprint density at radius 2 is 1.60 bits per heavy atom. The Hall–Kier alpha value is -3.21. The minimum atomic E-state index is -3.70. The maximum absolute atomic E-state index is 12.4. The molecule has 8 nitrogen and oxygen atoms in total. The average molecular weight is 446 g/mol. The molecule has 0 spiro atoms. The van der Waals surface area contributed by atoms with Crippen molar-refractivity contribution in [3.05, 3.63) is 82.0 Å². The Balaban J connectivity index is 1.55. The van der Waals surface area contributed by atoms with E-state index < -0.39 is 21.8 Å². The molecule has 0 saturated carbocycles. The molecule has 0 aliphatic heterocycles. The van der Waals surface area contributed by atoms with Crippen LogP contribution in [0, 0.1) is 0 Å². The van der Waals surface area contributed by atoms with Gasteiger partial charge in [0.05, 0.1) is 10.5 Å². The first-order valence-corrected chi connectivity index (χ1v) is 11.2. The number of rotatable bonds is 7. The largest absolute Gasteiger partial charge is 0.507 e. The highest BCUT2D eigenvalue weighted by Crippen LogP contribution is 2.15. The highest BCUT2D eigenvalue weighted by atomic mass is 32.2. The van der Waals surface area contributed by atoms with E-state index in [1.807, 2.05) is 17.5 Å². The van der Waals surface area contributed by atoms with Crippen LogP contribution < -0.4 is 15.6 Å². The number of sulfonamides is 1. The van der Waals surface area contributed by atoms with Crippen LogP contribution in [0.4, 0.5) is 0 Å². The summed E-state index contributed by atoms with van der Waals surface area (Å²) in [4.78, 5) is 25.3. The van der Waals surface area contributed by atoms with Crippen LogP contribution in [-0.4, -0.2) is 31.9 Å². The summed E-state index contributed by atoms with van der Waals surface area (Å²) in [6, 6.07) is 15.0. The molecule has 1 heterocycles. The van der Waals surface area contributed by atoms with E-state index in [2.05, 4.69) is 15.6 Å². The quantitative estimate of drug-likeness (QED) is 0.414. The number of aromatic hydroxyl groups is 1. The number of hydrazine groups is 1. The van der Waals surface area contributed by atoms with Crippen LogP contribution >= 0.6 is 11.3 Å². The van der Waals surface area contributed by atoms with Crippen molar-refractivity contribution in [2.75, 3.05) is 6.54 Å². The van der Waals surface area contributed by atoms with Crippen LogP contribution in [0.3, 0.4) is 0 Å². The van der Waals surface area contributed by atoms with Crippen LogP contribution in [0.15, 0.2) is 70.9 Å². The van der Waals surface area contributed by atoms with Crippen molar-refractivity contribution in [3.63, 3.8) is 0 Å². The maximum atomic E-state index is 12.4. The Labute approximate surface area is 177 Å². The zero-order valence-corrected chi connectivity index (χ0v) is 17.3. The number of para-hydroxylation sites is 1. The highest BCUT2D eigenvalue weighted by molar-refractivity contribution is 7.89. The lowest BCUT2D eigenvalue weighted by Crippen LogP contribution is -2.41. The highest BCUT2D eigenvalue weighted by Gasteiger charge is 2.16. The van der Waals surface area contributed by atoms with Crippen molar-refractivity contribution >= 4 is 33.2 Å². The van der Waals surface area contributed by atoms with Crippen molar-refractivity contribution in [1.82, 2.24) is 15.6 Å². The van der Waals surface area contributed by atoms with E-state index >= 15 is 0 Å². The summed E-state index contributed by atoms with van der Waals surface area (Å²) in [6.07, 6.45) is 0.591. The van der Waals surface area contributed by atoms with Crippen LogP contribution in [0.25, 0.3) is 0 Å². The molecule has 3 rings (SSSR count). The molecular formula is C20H19N3O5S2. The van der Waals surface area contributed by atoms with E-state index in [1.165, 1.54) is 36.4 Å². The molecule has 10 heteroatoms. The van der Waals surface area contributed by atoms with Gasteiger partial charge in [-0.3, -0.25) is 20.4 Å². The summed E-state index contributed by atoms with van der Waals surface area (Å²) in [6.45, 7) is 0.267. The minimum Gasteiger partial charge on any atom is -0.507 e. The maximum Gasteiger partial charge on any atom is 0.273 e. The van der Waals surface area contributed by atoms with Crippen molar-refractivity contribution in [1.29, 1.82) is 0 Å². The van der Waals surface area contributed by atoms with Gasteiger partial charge < -0.3 is 5.11 Å². The number of phenolic OH excluding ortho intramolecular Hbond substituents is 1. The van der Waals surface area contributed by atoms with E-state index in [1.54, 1.807) is 23.5 Å². The second-order valence-electron chi connectivity index (χ2n) is 6.18. The van der Waals surface area contributed by atoms with Gasteiger partial charge in [0.25, 0.3) is 11.8 Å². The van der Waals surface area contributed by atoms with E-state index in [9.17, 15) is 23.1 Å². The van der Waals surface area contributed by atoms with Gasteiger partial charge in [-0.25, -0.2) is 13.1 Å². The Kier molecular flexibility index (Phi) is 6.83. The fraction of sp³-hybridized carbons (Fsp3) is 0.100. The minimum absolute atomic E-state index is 0.00728. The monoisotopic (exact) mass is 445 g/mol. The third kappa shape index (κ3) is 5.44. The van der Waals surface area contributed by atoms with Crippen LogP contribution in [-0.2, 0) is 16.4 Å². The summed E-state index contributed by atoms with van der Waals surface area (Å²) in [5, 5.41) is 11.6. The number of benzene rings is 2. The molecule has 0 bridgehead atoms. The molecule has 4 N–H and O–H groups in total. The second-order valence-corrected chi connectivity index (χ2v) is 8.98. The van der Waals surface area contributed by atoms with Crippen LogP contribution in [0.1, 0.15) is 25.6 Å². The van der Waals surface area contributed by atoms with Crippen molar-refractivity contribution < 1.29 is 23.1 Å². The first-order chi connectivity index (χ1) is 14.4. The first-order valence-electron chi connectivity index (χ1n) is 8.87. The normalized spacial score (nSPS) is 11.1. The molecular weight excluding hydrogens is 426 g/mol. The van der Waals surface area contributed by atoms with Gasteiger partial charge in [-0.05, 0) is 54.3 Å². The average Bonchev–Trinajstić information content (AvgIpc) is 3.25. The lowest BCUT2D eigenvalue weighted by atomic mass is 10.2. The zero-order valence-electron chi connectivity index (χ0n) is 15.7. The van der Waals surface area contributed by atoms with E-state index in [-0.39, 0.29) is 28.3 Å². The predicted octanol–water partition coefficient (Wildman–Crippen LogP) is 2.05. The molecule has 0 aliphatic rings. The fourth-order valence-electron chi connectivity index (χ4n) is 2.55. The molecule has 156 valence electrons. The number of phenols is 1. The van der Waals surface area contributed by atoms with Gasteiger partial charge in [0.1, 0.15) is 5.75 Å². The predicted molar refractivity (Wildman–Crippen MR) is 113 cm³/mol. The first kappa shape index (κ1) is 21.5. The molecule has 2 amide bonds. The third-order valence-electron chi connectivity index (χ3n) is 4.11. The summed E-state index contributed by atoms with van der Waals surface area (Å²) in [5.74, 6) is -1.53. The number of hydrogen-bond acceptors (Lipinski definition) is 6. The van der Waals surface area contributed by atoms with Crippen LogP contribution in [0.2, 0.25) is 0 Å². The van der Waals surface area contributed by atoms with Crippen molar-refractivity contribution in [3.8, 4) is 5.75 Å². The lowest BCUT2D eigenvalue weighted by molar-refractivity contribution is 0.0845. The molecule has 2 aromatic carbocycles. The number of carbonyl (C=O) groups excluding carboxylic acids is 2. The van der Waals surface area contributed by atoms with Gasteiger partial charge in [0.2, 0.25) is 10.0 Å². The molecule has 0 aliphatic carbocycles. The number of carbonyl (C=O) groups is 2. The molecule has 30 heavy (non-hydrogen) atoms. The topological polar surface area (TPSA) is 125 Å². The molecule has 3 aromatic rings. The van der Waals surface area contributed by atoms with Crippen molar-refractivity contribution in [2.24, 2.45) is 0 Å². The summed E-state index contributed by atoms with van der Waals surface area (Å²) in [7, 11) is -3.70. The van der Waals surface area contributed by atoms with Gasteiger partial charge in [0.15, 0.2) is 0 Å². The SMILES string of the molecule is O=C(NNC(=O)c1ccccc1O)c1ccc(S(=O)(=O)NCCc2cccs2)cc1. The summed E-state index contributed by atoms with van der Waals surface area (Å²) < 4.78 is 27.2. The molecule has 1 aromatic heterocycles. The molecule has 0 fully saturated rings. The van der Waals surface area contributed by atoms with Crippen molar-refractivity contribution in [2.45, 2.75) is 11.3 Å². The lowest BCUT2D eigenvalue weighted by Gasteiger charge is -2.09. The summed E-state index contributed by atoms with van der Waals surface area (Å²) >= 11 is 1.56. The molecule has 0 unspecified atom stereocenters. The number of amides is 2. The van der Waals surface area contributed by atoms with Gasteiger partial charge in [-0.1, -0.05) is 18.2 Å². The van der Waals surface area contributed by atoms with E-state index in [0.29, 0.717) is 6.42 Å². The number of hydrogen-bond donors (Lipinski definition) is 4. The molecule has 0 atom stereocenters. The summed E-state index contributed by atoms with van der Waals surface area (Å²) in [5.41, 5.74) is 4.58. The fourth-order valence-corrected chi connectivity index (χ4v) is 4.29. The molecule has 0 saturated heterocycles.